The predicted octanol–water partition coefficient (Wildman–Crippen LogP) is 2.25. The van der Waals surface area contributed by atoms with E-state index in [1.807, 2.05) is 0 Å². The lowest BCUT2D eigenvalue weighted by atomic mass is 10.3. The van der Waals surface area contributed by atoms with E-state index in [4.69, 9.17) is 21.1 Å². The van der Waals surface area contributed by atoms with Gasteiger partial charge in [0.25, 0.3) is 0 Å². The first kappa shape index (κ1) is 16.9. The maximum Gasteiger partial charge on any atom is 0.433 e. The third-order valence-corrected chi connectivity index (χ3v) is 2.60. The van der Waals surface area contributed by atoms with Crippen LogP contribution in [0.1, 0.15) is 5.69 Å². The number of aromatic nitrogens is 2. The number of methoxy groups -OCH3 is 2. The van der Waals surface area contributed by atoms with E-state index in [0.717, 1.165) is 6.07 Å². The van der Waals surface area contributed by atoms with Crippen LogP contribution in [0.4, 0.5) is 19.0 Å². The SMILES string of the molecule is COCCN(CCOC)c1cc(C(F)(F)F)nc(Cl)n1. The van der Waals surface area contributed by atoms with Crippen molar-refractivity contribution in [3.8, 4) is 0 Å². The van der Waals surface area contributed by atoms with Gasteiger partial charge >= 0.3 is 6.18 Å². The second-order valence-corrected chi connectivity index (χ2v) is 4.19. The number of hydrogen-bond donors (Lipinski definition) is 0. The van der Waals surface area contributed by atoms with Crippen molar-refractivity contribution in [3.05, 3.63) is 17.0 Å². The Bertz CT molecular complexity index is 424. The highest BCUT2D eigenvalue weighted by Gasteiger charge is 2.34. The zero-order valence-corrected chi connectivity index (χ0v) is 11.8. The molecule has 1 rings (SSSR count). The van der Waals surface area contributed by atoms with Crippen LogP contribution in [-0.2, 0) is 15.7 Å². The molecule has 0 atom stereocenters. The molecule has 20 heavy (non-hydrogen) atoms. The number of hydrogen-bond acceptors (Lipinski definition) is 5. The fourth-order valence-electron chi connectivity index (χ4n) is 1.46. The number of ether oxygens (including phenoxy) is 2. The molecule has 5 nitrogen and oxygen atoms in total. The lowest BCUT2D eigenvalue weighted by Gasteiger charge is -2.23. The molecule has 1 aromatic rings. The van der Waals surface area contributed by atoms with E-state index in [0.29, 0.717) is 26.3 Å². The Morgan fingerprint density at radius 2 is 1.70 bits per heavy atom. The van der Waals surface area contributed by atoms with Crippen molar-refractivity contribution in [2.45, 2.75) is 6.18 Å². The molecular formula is C11H15ClF3N3O2. The molecule has 0 saturated heterocycles. The third-order valence-electron chi connectivity index (χ3n) is 2.43. The molecule has 1 aromatic heterocycles. The molecule has 0 aliphatic heterocycles. The van der Waals surface area contributed by atoms with Gasteiger partial charge in [0, 0.05) is 33.4 Å². The minimum Gasteiger partial charge on any atom is -0.383 e. The van der Waals surface area contributed by atoms with E-state index < -0.39 is 17.2 Å². The van der Waals surface area contributed by atoms with E-state index in [-0.39, 0.29) is 5.82 Å². The maximum atomic E-state index is 12.7. The van der Waals surface area contributed by atoms with Gasteiger partial charge in [0.05, 0.1) is 13.2 Å². The van der Waals surface area contributed by atoms with Gasteiger partial charge in [-0.25, -0.2) is 9.97 Å². The van der Waals surface area contributed by atoms with Crippen LogP contribution in [0.5, 0.6) is 0 Å². The summed E-state index contributed by atoms with van der Waals surface area (Å²) in [5, 5.41) is -0.449. The first-order valence-electron chi connectivity index (χ1n) is 5.73. The van der Waals surface area contributed by atoms with E-state index >= 15 is 0 Å². The Kier molecular flexibility index (Phi) is 6.44. The van der Waals surface area contributed by atoms with Crippen molar-refractivity contribution in [2.24, 2.45) is 0 Å². The Hall–Kier alpha value is -1.12. The summed E-state index contributed by atoms with van der Waals surface area (Å²) in [4.78, 5) is 8.60. The molecule has 0 aliphatic rings. The van der Waals surface area contributed by atoms with Crippen molar-refractivity contribution >= 4 is 17.4 Å². The van der Waals surface area contributed by atoms with Crippen LogP contribution in [0, 0.1) is 0 Å². The van der Waals surface area contributed by atoms with Gasteiger partial charge in [-0.2, -0.15) is 13.2 Å². The lowest BCUT2D eigenvalue weighted by Crippen LogP contribution is -2.32. The summed E-state index contributed by atoms with van der Waals surface area (Å²) in [6.07, 6.45) is -4.57. The van der Waals surface area contributed by atoms with E-state index in [1.54, 1.807) is 4.90 Å². The quantitative estimate of drug-likeness (QED) is 0.723. The molecule has 0 aliphatic carbocycles. The molecular weight excluding hydrogens is 299 g/mol. The second kappa shape index (κ2) is 7.61. The van der Waals surface area contributed by atoms with Gasteiger partial charge in [0.15, 0.2) is 5.69 Å². The van der Waals surface area contributed by atoms with E-state index in [9.17, 15) is 13.2 Å². The van der Waals surface area contributed by atoms with E-state index in [2.05, 4.69) is 9.97 Å². The minimum absolute atomic E-state index is 0.0893. The highest BCUT2D eigenvalue weighted by atomic mass is 35.5. The van der Waals surface area contributed by atoms with Crippen molar-refractivity contribution < 1.29 is 22.6 Å². The van der Waals surface area contributed by atoms with Gasteiger partial charge < -0.3 is 14.4 Å². The van der Waals surface area contributed by atoms with Crippen LogP contribution in [0.25, 0.3) is 0 Å². The zero-order chi connectivity index (χ0) is 15.2. The Balaban J connectivity index is 3.02. The Morgan fingerprint density at radius 1 is 1.15 bits per heavy atom. The van der Waals surface area contributed by atoms with E-state index in [1.165, 1.54) is 14.2 Å². The van der Waals surface area contributed by atoms with Crippen LogP contribution in [0.15, 0.2) is 6.07 Å². The van der Waals surface area contributed by atoms with Crippen molar-refractivity contribution in [2.75, 3.05) is 45.4 Å². The highest BCUT2D eigenvalue weighted by Crippen LogP contribution is 2.30. The number of nitrogens with zero attached hydrogens (tertiary/aromatic N) is 3. The fourth-order valence-corrected chi connectivity index (χ4v) is 1.63. The summed E-state index contributed by atoms with van der Waals surface area (Å²) in [6.45, 7) is 1.41. The molecule has 0 saturated carbocycles. The molecule has 0 fully saturated rings. The van der Waals surface area contributed by atoms with Crippen LogP contribution >= 0.6 is 11.6 Å². The predicted molar refractivity (Wildman–Crippen MR) is 68.0 cm³/mol. The number of alkyl halides is 3. The molecule has 0 amide bonds. The Morgan fingerprint density at radius 3 is 2.15 bits per heavy atom. The summed E-state index contributed by atoms with van der Waals surface area (Å²) in [5.41, 5.74) is -1.08. The van der Waals surface area contributed by atoms with Gasteiger partial charge in [0.1, 0.15) is 5.82 Å². The molecule has 1 heterocycles. The molecule has 9 heteroatoms. The fraction of sp³-hybridized carbons (Fsp3) is 0.636. The van der Waals surface area contributed by atoms with Crippen LogP contribution < -0.4 is 4.90 Å². The van der Waals surface area contributed by atoms with Crippen molar-refractivity contribution in [3.63, 3.8) is 0 Å². The normalized spacial score (nSPS) is 11.7. The number of halogens is 4. The summed E-state index contributed by atoms with van der Waals surface area (Å²) in [6, 6.07) is 0.858. The monoisotopic (exact) mass is 313 g/mol. The maximum absolute atomic E-state index is 12.7. The minimum atomic E-state index is -4.57. The van der Waals surface area contributed by atoms with Crippen molar-refractivity contribution in [1.82, 2.24) is 9.97 Å². The zero-order valence-electron chi connectivity index (χ0n) is 11.1. The van der Waals surface area contributed by atoms with Gasteiger partial charge in [-0.15, -0.1) is 0 Å². The Labute approximate surface area is 119 Å². The highest BCUT2D eigenvalue weighted by molar-refractivity contribution is 6.28. The van der Waals surface area contributed by atoms with Gasteiger partial charge in [-0.05, 0) is 11.6 Å². The molecule has 0 N–H and O–H groups in total. The lowest BCUT2D eigenvalue weighted by molar-refractivity contribution is -0.141. The summed E-state index contributed by atoms with van der Waals surface area (Å²) in [5.74, 6) is 0.0893. The first-order chi connectivity index (χ1) is 9.38. The van der Waals surface area contributed by atoms with Crippen LogP contribution in [-0.4, -0.2) is 50.5 Å². The first-order valence-corrected chi connectivity index (χ1v) is 6.11. The van der Waals surface area contributed by atoms with Crippen LogP contribution in [0.3, 0.4) is 0 Å². The van der Waals surface area contributed by atoms with Crippen LogP contribution in [0.2, 0.25) is 5.28 Å². The standard InChI is InChI=1S/C11H15ClF3N3O2/c1-19-5-3-18(4-6-20-2)9-7-8(11(13,14)15)16-10(12)17-9/h7H,3-6H2,1-2H3. The average molecular weight is 314 g/mol. The second-order valence-electron chi connectivity index (χ2n) is 3.85. The van der Waals surface area contributed by atoms with Gasteiger partial charge in [-0.1, -0.05) is 0 Å². The molecule has 0 bridgehead atoms. The third kappa shape index (κ3) is 5.10. The summed E-state index contributed by atoms with van der Waals surface area (Å²) < 4.78 is 47.9. The summed E-state index contributed by atoms with van der Waals surface area (Å²) in [7, 11) is 3.01. The van der Waals surface area contributed by atoms with Gasteiger partial charge in [0.2, 0.25) is 5.28 Å². The molecule has 0 radical (unpaired) electrons. The molecule has 0 aromatic carbocycles. The summed E-state index contributed by atoms with van der Waals surface area (Å²) >= 11 is 5.56. The molecule has 0 spiro atoms. The number of anilines is 1. The smallest absolute Gasteiger partial charge is 0.383 e. The molecule has 114 valence electrons. The van der Waals surface area contributed by atoms with Crippen molar-refractivity contribution in [1.29, 1.82) is 0 Å². The number of rotatable bonds is 7. The molecule has 0 unspecified atom stereocenters. The van der Waals surface area contributed by atoms with Gasteiger partial charge in [-0.3, -0.25) is 0 Å². The largest absolute Gasteiger partial charge is 0.433 e. The average Bonchev–Trinajstić information content (AvgIpc) is 2.37. The topological polar surface area (TPSA) is 47.5 Å².